The molecule has 0 unspecified atom stereocenters. The van der Waals surface area contributed by atoms with Gasteiger partial charge in [-0.1, -0.05) is 121 Å². The van der Waals surface area contributed by atoms with Gasteiger partial charge in [-0.2, -0.15) is 0 Å². The number of hydrogen-bond acceptors (Lipinski definition) is 2. The van der Waals surface area contributed by atoms with Gasteiger partial charge in [-0.25, -0.2) is 0 Å². The first-order chi connectivity index (χ1) is 23.8. The predicted octanol–water partition coefficient (Wildman–Crippen LogP) is 13.3. The van der Waals surface area contributed by atoms with Gasteiger partial charge < -0.3 is 9.32 Å². The minimum absolute atomic E-state index is 0.890. The summed E-state index contributed by atoms with van der Waals surface area (Å²) in [6, 6.07) is 63.5. The van der Waals surface area contributed by atoms with Crippen molar-refractivity contribution < 1.29 is 4.42 Å². The summed E-state index contributed by atoms with van der Waals surface area (Å²) >= 11 is 0. The van der Waals surface area contributed by atoms with E-state index >= 15 is 0 Å². The molecule has 0 aliphatic rings. The molecule has 2 nitrogen and oxygen atoms in total. The largest absolute Gasteiger partial charge is 0.456 e. The molecule has 0 bridgehead atoms. The molecule has 48 heavy (non-hydrogen) atoms. The summed E-state index contributed by atoms with van der Waals surface area (Å²) in [7, 11) is 0. The summed E-state index contributed by atoms with van der Waals surface area (Å²) in [5.74, 6) is 0. The Bertz CT molecular complexity index is 2830. The lowest BCUT2D eigenvalue weighted by molar-refractivity contribution is 0.669. The molecule has 0 N–H and O–H groups in total. The molecule has 0 spiro atoms. The van der Waals surface area contributed by atoms with Gasteiger partial charge in [0.05, 0.1) is 0 Å². The molecule has 2 heteroatoms. The maximum absolute atomic E-state index is 6.24. The number of rotatable bonds is 4. The molecule has 0 atom stereocenters. The van der Waals surface area contributed by atoms with Crippen LogP contribution in [0.3, 0.4) is 0 Å². The molecule has 0 fully saturated rings. The highest BCUT2D eigenvalue weighted by molar-refractivity contribution is 6.25. The average molecular weight is 612 g/mol. The van der Waals surface area contributed by atoms with E-state index in [1.165, 1.54) is 54.2 Å². The van der Waals surface area contributed by atoms with Crippen molar-refractivity contribution in [3.63, 3.8) is 0 Å². The Labute approximate surface area is 277 Å². The molecule has 0 radical (unpaired) electrons. The molecule has 0 saturated heterocycles. The minimum Gasteiger partial charge on any atom is -0.456 e. The van der Waals surface area contributed by atoms with Crippen LogP contribution in [-0.2, 0) is 0 Å². The van der Waals surface area contributed by atoms with Crippen LogP contribution < -0.4 is 4.90 Å². The van der Waals surface area contributed by atoms with Crippen LogP contribution in [0.1, 0.15) is 0 Å². The molecular formula is C46H29NO. The molecule has 0 amide bonds. The third-order valence-electron chi connectivity index (χ3n) is 9.79. The van der Waals surface area contributed by atoms with Gasteiger partial charge in [0.15, 0.2) is 0 Å². The van der Waals surface area contributed by atoms with Crippen molar-refractivity contribution in [1.82, 2.24) is 0 Å². The topological polar surface area (TPSA) is 16.4 Å². The van der Waals surface area contributed by atoms with Crippen molar-refractivity contribution in [3.05, 3.63) is 176 Å². The van der Waals surface area contributed by atoms with E-state index in [1.807, 2.05) is 12.1 Å². The van der Waals surface area contributed by atoms with E-state index in [-0.39, 0.29) is 0 Å². The van der Waals surface area contributed by atoms with Crippen LogP contribution in [0.25, 0.3) is 76.2 Å². The van der Waals surface area contributed by atoms with E-state index in [4.69, 9.17) is 4.42 Å². The van der Waals surface area contributed by atoms with E-state index in [1.54, 1.807) is 0 Å². The van der Waals surface area contributed by atoms with Crippen molar-refractivity contribution >= 4 is 82.1 Å². The summed E-state index contributed by atoms with van der Waals surface area (Å²) in [4.78, 5) is 2.38. The lowest BCUT2D eigenvalue weighted by Crippen LogP contribution is -2.10. The number of furan rings is 1. The number of anilines is 3. The Morgan fingerprint density at radius 2 is 0.833 bits per heavy atom. The highest BCUT2D eigenvalue weighted by Crippen LogP contribution is 2.43. The van der Waals surface area contributed by atoms with Gasteiger partial charge >= 0.3 is 0 Å². The Morgan fingerprint density at radius 1 is 0.292 bits per heavy atom. The molecule has 224 valence electrons. The van der Waals surface area contributed by atoms with Gasteiger partial charge in [-0.3, -0.25) is 0 Å². The van der Waals surface area contributed by atoms with Gasteiger partial charge in [0.1, 0.15) is 11.2 Å². The highest BCUT2D eigenvalue weighted by Gasteiger charge is 2.18. The second kappa shape index (κ2) is 10.6. The molecule has 1 heterocycles. The van der Waals surface area contributed by atoms with Crippen LogP contribution in [0.2, 0.25) is 0 Å². The molecule has 10 aromatic rings. The Morgan fingerprint density at radius 3 is 1.60 bits per heavy atom. The molecule has 9 aromatic carbocycles. The minimum atomic E-state index is 0.890. The fraction of sp³-hybridized carbons (Fsp3) is 0. The number of benzene rings is 9. The fourth-order valence-corrected chi connectivity index (χ4v) is 7.53. The lowest BCUT2D eigenvalue weighted by Gasteiger charge is -2.27. The average Bonchev–Trinajstić information content (AvgIpc) is 3.53. The molecule has 0 saturated carbocycles. The van der Waals surface area contributed by atoms with Crippen molar-refractivity contribution in [2.75, 3.05) is 4.90 Å². The van der Waals surface area contributed by atoms with Gasteiger partial charge in [-0.05, 0) is 109 Å². The zero-order chi connectivity index (χ0) is 31.6. The quantitative estimate of drug-likeness (QED) is 0.184. The van der Waals surface area contributed by atoms with Crippen LogP contribution in [0.15, 0.2) is 180 Å². The van der Waals surface area contributed by atoms with E-state index in [2.05, 4.69) is 169 Å². The molecule has 10 rings (SSSR count). The maximum Gasteiger partial charge on any atom is 0.135 e. The van der Waals surface area contributed by atoms with Crippen molar-refractivity contribution in [2.45, 2.75) is 0 Å². The molecular weight excluding hydrogens is 583 g/mol. The van der Waals surface area contributed by atoms with Crippen LogP contribution in [0, 0.1) is 0 Å². The summed E-state index contributed by atoms with van der Waals surface area (Å²) in [6.45, 7) is 0. The Balaban J connectivity index is 1.22. The third kappa shape index (κ3) is 4.20. The standard InChI is InChI=1S/C46H29NO/c1-2-11-31-26-33(21-20-30(31)10-1)32-12-9-13-34(27-32)47(36-23-25-46-44(29-36)42-18-7-8-19-45(42)48-46)35-22-24-41-39-16-4-3-14-37(39)38-15-5-6-17-40(38)43(41)28-35/h1-29H. The number of para-hydroxylation sites is 1. The van der Waals surface area contributed by atoms with Crippen LogP contribution >= 0.6 is 0 Å². The van der Waals surface area contributed by atoms with Crippen molar-refractivity contribution in [3.8, 4) is 11.1 Å². The zero-order valence-electron chi connectivity index (χ0n) is 26.1. The van der Waals surface area contributed by atoms with Crippen LogP contribution in [0.5, 0.6) is 0 Å². The summed E-state index contributed by atoms with van der Waals surface area (Å²) in [5.41, 5.74) is 7.44. The fourth-order valence-electron chi connectivity index (χ4n) is 7.53. The van der Waals surface area contributed by atoms with E-state index < -0.39 is 0 Å². The van der Waals surface area contributed by atoms with Gasteiger partial charge in [-0.15, -0.1) is 0 Å². The van der Waals surface area contributed by atoms with Crippen molar-refractivity contribution in [1.29, 1.82) is 0 Å². The van der Waals surface area contributed by atoms with E-state index in [9.17, 15) is 0 Å². The normalized spacial score (nSPS) is 11.8. The predicted molar refractivity (Wildman–Crippen MR) is 204 cm³/mol. The molecule has 0 aliphatic heterocycles. The van der Waals surface area contributed by atoms with E-state index in [0.717, 1.165) is 39.0 Å². The van der Waals surface area contributed by atoms with Gasteiger partial charge in [0.2, 0.25) is 0 Å². The van der Waals surface area contributed by atoms with Gasteiger partial charge in [0, 0.05) is 27.8 Å². The van der Waals surface area contributed by atoms with Crippen LogP contribution in [0.4, 0.5) is 17.1 Å². The second-order valence-electron chi connectivity index (χ2n) is 12.5. The smallest absolute Gasteiger partial charge is 0.135 e. The summed E-state index contributed by atoms with van der Waals surface area (Å²) < 4.78 is 6.24. The third-order valence-corrected chi connectivity index (χ3v) is 9.79. The monoisotopic (exact) mass is 611 g/mol. The molecule has 0 aliphatic carbocycles. The SMILES string of the molecule is c1cc(-c2ccc3ccccc3c2)cc(N(c2ccc3oc4ccccc4c3c2)c2ccc3c4ccccc4c4ccccc4c3c2)c1. The second-order valence-corrected chi connectivity index (χ2v) is 12.5. The number of fused-ring (bicyclic) bond motifs is 10. The Kier molecular flexibility index (Phi) is 5.91. The van der Waals surface area contributed by atoms with Crippen LogP contribution in [-0.4, -0.2) is 0 Å². The maximum atomic E-state index is 6.24. The molecule has 1 aromatic heterocycles. The first-order valence-electron chi connectivity index (χ1n) is 16.4. The number of nitrogens with zero attached hydrogens (tertiary/aromatic N) is 1. The first kappa shape index (κ1) is 26.8. The summed E-state index contributed by atoms with van der Waals surface area (Å²) in [5, 5.41) is 12.3. The van der Waals surface area contributed by atoms with E-state index in [0.29, 0.717) is 0 Å². The zero-order valence-corrected chi connectivity index (χ0v) is 26.1. The lowest BCUT2D eigenvalue weighted by atomic mass is 9.94. The Hall–Kier alpha value is -6.38. The van der Waals surface area contributed by atoms with Crippen molar-refractivity contribution in [2.24, 2.45) is 0 Å². The number of hydrogen-bond donors (Lipinski definition) is 0. The first-order valence-corrected chi connectivity index (χ1v) is 16.4. The summed E-state index contributed by atoms with van der Waals surface area (Å²) in [6.07, 6.45) is 0. The highest BCUT2D eigenvalue weighted by atomic mass is 16.3. The van der Waals surface area contributed by atoms with Gasteiger partial charge in [0.25, 0.3) is 0 Å².